The minimum absolute atomic E-state index is 0.508. The monoisotopic (exact) mass is 200 g/mol. The number of hydrogen-bond acceptors (Lipinski definition) is 4. The number of nitrogen functional groups attached to an aromatic ring is 2. The first-order valence-electron chi connectivity index (χ1n) is 4.58. The molecular weight excluding hydrogens is 188 g/mol. The number of hydrogen-bond donors (Lipinski definition) is 3. The summed E-state index contributed by atoms with van der Waals surface area (Å²) in [6.45, 7) is 0. The Hall–Kier alpha value is -2.23. The normalized spacial score (nSPS) is 9.87. The zero-order chi connectivity index (χ0) is 10.7. The minimum atomic E-state index is 0.508. The molecule has 2 aromatic rings. The molecule has 4 nitrogen and oxygen atoms in total. The fraction of sp³-hybridized carbons (Fsp3) is 0. The number of nitrogens with zero attached hydrogens (tertiary/aromatic N) is 1. The van der Waals surface area contributed by atoms with Gasteiger partial charge in [0.05, 0.1) is 11.9 Å². The topological polar surface area (TPSA) is 77.0 Å². The highest BCUT2D eigenvalue weighted by molar-refractivity contribution is 5.63. The molecule has 2 rings (SSSR count). The molecule has 0 radical (unpaired) electrons. The van der Waals surface area contributed by atoms with Crippen LogP contribution in [-0.2, 0) is 0 Å². The maximum absolute atomic E-state index is 5.66. The second-order valence-corrected chi connectivity index (χ2v) is 3.22. The van der Waals surface area contributed by atoms with Gasteiger partial charge in [0.1, 0.15) is 5.82 Å². The lowest BCUT2D eigenvalue weighted by Gasteiger charge is -2.06. The molecule has 0 bridgehead atoms. The number of nitrogens with one attached hydrogen (secondary N) is 1. The van der Waals surface area contributed by atoms with Gasteiger partial charge in [-0.2, -0.15) is 0 Å². The molecule has 0 atom stereocenters. The molecule has 1 heterocycles. The number of rotatable bonds is 2. The van der Waals surface area contributed by atoms with Crippen molar-refractivity contribution in [3.8, 4) is 0 Å². The van der Waals surface area contributed by atoms with Crippen molar-refractivity contribution in [1.29, 1.82) is 0 Å². The second-order valence-electron chi connectivity index (χ2n) is 3.22. The van der Waals surface area contributed by atoms with Gasteiger partial charge in [0.15, 0.2) is 0 Å². The van der Waals surface area contributed by atoms with Gasteiger partial charge in [0, 0.05) is 11.4 Å². The molecule has 1 aromatic heterocycles. The number of pyridine rings is 1. The van der Waals surface area contributed by atoms with Gasteiger partial charge >= 0.3 is 0 Å². The van der Waals surface area contributed by atoms with Crippen molar-refractivity contribution >= 4 is 22.9 Å². The van der Waals surface area contributed by atoms with Gasteiger partial charge in [-0.3, -0.25) is 0 Å². The summed E-state index contributed by atoms with van der Waals surface area (Å²) in [5, 5.41) is 3.17. The van der Waals surface area contributed by atoms with Crippen LogP contribution in [0.3, 0.4) is 0 Å². The van der Waals surface area contributed by atoms with Crippen LogP contribution >= 0.6 is 0 Å². The Balaban J connectivity index is 2.18. The lowest BCUT2D eigenvalue weighted by atomic mass is 10.2. The molecule has 0 unspecified atom stereocenters. The Labute approximate surface area is 87.9 Å². The highest BCUT2D eigenvalue weighted by atomic mass is 14.9. The summed E-state index contributed by atoms with van der Waals surface area (Å²) in [6.07, 6.45) is 1.68. The van der Waals surface area contributed by atoms with Crippen LogP contribution in [0, 0.1) is 0 Å². The molecule has 0 saturated heterocycles. The van der Waals surface area contributed by atoms with Crippen LogP contribution < -0.4 is 16.8 Å². The molecule has 1 aromatic carbocycles. The quantitative estimate of drug-likeness (QED) is 0.648. The summed E-state index contributed by atoms with van der Waals surface area (Å²) in [5.74, 6) is 0.508. The first-order valence-corrected chi connectivity index (χ1v) is 4.58. The Morgan fingerprint density at radius 2 is 1.87 bits per heavy atom. The first kappa shape index (κ1) is 9.33. The third-order valence-electron chi connectivity index (χ3n) is 1.96. The predicted octanol–water partition coefficient (Wildman–Crippen LogP) is 1.99. The maximum Gasteiger partial charge on any atom is 0.123 e. The summed E-state index contributed by atoms with van der Waals surface area (Å²) in [5.41, 5.74) is 13.7. The molecule has 4 heteroatoms. The molecule has 0 aliphatic rings. The molecule has 15 heavy (non-hydrogen) atoms. The van der Waals surface area contributed by atoms with Gasteiger partial charge in [0.2, 0.25) is 0 Å². The fourth-order valence-electron chi connectivity index (χ4n) is 1.26. The van der Waals surface area contributed by atoms with Crippen LogP contribution in [0.5, 0.6) is 0 Å². The van der Waals surface area contributed by atoms with Gasteiger partial charge in [-0.05, 0) is 30.3 Å². The average molecular weight is 200 g/mol. The number of benzene rings is 1. The Morgan fingerprint density at radius 3 is 2.53 bits per heavy atom. The van der Waals surface area contributed by atoms with Crippen molar-refractivity contribution < 1.29 is 0 Å². The summed E-state index contributed by atoms with van der Waals surface area (Å²) in [7, 11) is 0. The molecule has 0 spiro atoms. The van der Waals surface area contributed by atoms with Crippen LogP contribution in [0.25, 0.3) is 0 Å². The van der Waals surface area contributed by atoms with Gasteiger partial charge < -0.3 is 16.8 Å². The zero-order valence-electron chi connectivity index (χ0n) is 8.14. The summed E-state index contributed by atoms with van der Waals surface area (Å²) in [6, 6.07) is 11.1. The molecule has 5 N–H and O–H groups in total. The number of anilines is 4. The number of aromatic nitrogens is 1. The van der Waals surface area contributed by atoms with Crippen LogP contribution in [0.2, 0.25) is 0 Å². The summed E-state index contributed by atoms with van der Waals surface area (Å²) in [4.78, 5) is 3.98. The van der Waals surface area contributed by atoms with Crippen LogP contribution in [0.1, 0.15) is 0 Å². The van der Waals surface area contributed by atoms with E-state index in [1.165, 1.54) is 0 Å². The lowest BCUT2D eigenvalue weighted by molar-refractivity contribution is 1.33. The van der Waals surface area contributed by atoms with Crippen molar-refractivity contribution in [2.24, 2.45) is 0 Å². The zero-order valence-corrected chi connectivity index (χ0v) is 8.14. The largest absolute Gasteiger partial charge is 0.399 e. The fourth-order valence-corrected chi connectivity index (χ4v) is 1.26. The average Bonchev–Trinajstić information content (AvgIpc) is 2.22. The third kappa shape index (κ3) is 2.37. The standard InChI is InChI=1S/C11H12N4/c12-8-2-1-3-9(6-8)15-10-4-5-11(13)14-7-10/h1-7,15H,12H2,(H2,13,14). The maximum atomic E-state index is 5.66. The van der Waals surface area contributed by atoms with Gasteiger partial charge in [-0.1, -0.05) is 6.07 Å². The van der Waals surface area contributed by atoms with Crippen molar-refractivity contribution in [1.82, 2.24) is 4.98 Å². The van der Waals surface area contributed by atoms with Crippen molar-refractivity contribution in [2.75, 3.05) is 16.8 Å². The SMILES string of the molecule is Nc1cccc(Nc2ccc(N)nc2)c1. The predicted molar refractivity (Wildman–Crippen MR) is 62.8 cm³/mol. The molecule has 0 aliphatic carbocycles. The smallest absolute Gasteiger partial charge is 0.123 e. The second kappa shape index (κ2) is 3.88. The van der Waals surface area contributed by atoms with E-state index in [1.807, 2.05) is 30.3 Å². The van der Waals surface area contributed by atoms with E-state index in [4.69, 9.17) is 11.5 Å². The molecular formula is C11H12N4. The molecule has 0 saturated carbocycles. The van der Waals surface area contributed by atoms with Crippen molar-refractivity contribution in [3.63, 3.8) is 0 Å². The van der Waals surface area contributed by atoms with Gasteiger partial charge in [-0.25, -0.2) is 4.98 Å². The van der Waals surface area contributed by atoms with E-state index in [0.717, 1.165) is 17.1 Å². The summed E-state index contributed by atoms with van der Waals surface area (Å²) >= 11 is 0. The van der Waals surface area contributed by atoms with E-state index in [2.05, 4.69) is 10.3 Å². The van der Waals surface area contributed by atoms with Crippen molar-refractivity contribution in [3.05, 3.63) is 42.6 Å². The Bertz CT molecular complexity index is 450. The lowest BCUT2D eigenvalue weighted by Crippen LogP contribution is -1.94. The van der Waals surface area contributed by atoms with Crippen molar-refractivity contribution in [2.45, 2.75) is 0 Å². The van der Waals surface area contributed by atoms with E-state index in [1.54, 1.807) is 12.3 Å². The molecule has 76 valence electrons. The minimum Gasteiger partial charge on any atom is -0.399 e. The van der Waals surface area contributed by atoms with Crippen LogP contribution in [-0.4, -0.2) is 4.98 Å². The van der Waals surface area contributed by atoms with E-state index >= 15 is 0 Å². The molecule has 0 amide bonds. The Kier molecular flexibility index (Phi) is 2.41. The van der Waals surface area contributed by atoms with E-state index in [9.17, 15) is 0 Å². The highest BCUT2D eigenvalue weighted by Gasteiger charge is 1.95. The van der Waals surface area contributed by atoms with Gasteiger partial charge in [-0.15, -0.1) is 0 Å². The first-order chi connectivity index (χ1) is 7.24. The van der Waals surface area contributed by atoms with E-state index in [-0.39, 0.29) is 0 Å². The van der Waals surface area contributed by atoms with Crippen LogP contribution in [0.4, 0.5) is 22.9 Å². The van der Waals surface area contributed by atoms with Crippen LogP contribution in [0.15, 0.2) is 42.6 Å². The molecule has 0 aliphatic heterocycles. The van der Waals surface area contributed by atoms with E-state index < -0.39 is 0 Å². The Morgan fingerprint density at radius 1 is 1.00 bits per heavy atom. The molecule has 0 fully saturated rings. The third-order valence-corrected chi connectivity index (χ3v) is 1.96. The summed E-state index contributed by atoms with van der Waals surface area (Å²) < 4.78 is 0. The number of nitrogens with two attached hydrogens (primary N) is 2. The van der Waals surface area contributed by atoms with E-state index in [0.29, 0.717) is 5.82 Å². The highest BCUT2D eigenvalue weighted by Crippen LogP contribution is 2.18. The van der Waals surface area contributed by atoms with Gasteiger partial charge in [0.25, 0.3) is 0 Å².